The van der Waals surface area contributed by atoms with E-state index in [9.17, 15) is 4.79 Å². The first-order valence-electron chi connectivity index (χ1n) is 6.72. The summed E-state index contributed by atoms with van der Waals surface area (Å²) >= 11 is 0. The number of pyridine rings is 1. The summed E-state index contributed by atoms with van der Waals surface area (Å²) in [7, 11) is 0. The fourth-order valence-electron chi connectivity index (χ4n) is 1.79. The van der Waals surface area contributed by atoms with Crippen molar-refractivity contribution in [1.29, 1.82) is 0 Å². The molecule has 1 aromatic carbocycles. The van der Waals surface area contributed by atoms with Gasteiger partial charge in [-0.2, -0.15) is 0 Å². The Morgan fingerprint density at radius 2 is 2.00 bits per heavy atom. The van der Waals surface area contributed by atoms with Crippen molar-refractivity contribution in [3.8, 4) is 5.75 Å². The van der Waals surface area contributed by atoms with Crippen LogP contribution in [0.1, 0.15) is 29.8 Å². The van der Waals surface area contributed by atoms with Gasteiger partial charge in [0.2, 0.25) is 0 Å². The zero-order valence-electron chi connectivity index (χ0n) is 12.0. The Morgan fingerprint density at radius 1 is 1.29 bits per heavy atom. The molecule has 21 heavy (non-hydrogen) atoms. The highest BCUT2D eigenvalue weighted by Gasteiger charge is 2.08. The van der Waals surface area contributed by atoms with Crippen LogP contribution in [0.25, 0.3) is 0 Å². The van der Waals surface area contributed by atoms with E-state index in [-0.39, 0.29) is 18.6 Å². The van der Waals surface area contributed by atoms with Gasteiger partial charge in [0.1, 0.15) is 11.6 Å². The number of ether oxygens (including phenoxy) is 1. The van der Waals surface area contributed by atoms with Gasteiger partial charge in [-0.15, -0.1) is 0 Å². The highest BCUT2D eigenvalue weighted by molar-refractivity contribution is 6.03. The number of aliphatic hydroxyl groups excluding tert-OH is 1. The smallest absolute Gasteiger partial charge is 0.256 e. The molecular weight excluding hydrogens is 268 g/mol. The van der Waals surface area contributed by atoms with E-state index >= 15 is 0 Å². The number of aromatic nitrogens is 1. The van der Waals surface area contributed by atoms with Crippen LogP contribution in [-0.4, -0.2) is 22.1 Å². The highest BCUT2D eigenvalue weighted by Crippen LogP contribution is 2.15. The first-order chi connectivity index (χ1) is 10.1. The predicted octanol–water partition coefficient (Wildman–Crippen LogP) is 2.61. The maximum Gasteiger partial charge on any atom is 0.256 e. The van der Waals surface area contributed by atoms with Gasteiger partial charge in [0.25, 0.3) is 5.91 Å². The van der Waals surface area contributed by atoms with Crippen LogP contribution in [0.4, 0.5) is 5.82 Å². The molecule has 2 rings (SSSR count). The Kier molecular flexibility index (Phi) is 4.90. The molecule has 5 nitrogen and oxygen atoms in total. The lowest BCUT2D eigenvalue weighted by molar-refractivity contribution is 0.102. The number of amides is 1. The van der Waals surface area contributed by atoms with Crippen molar-refractivity contribution in [2.75, 3.05) is 5.32 Å². The minimum Gasteiger partial charge on any atom is -0.491 e. The van der Waals surface area contributed by atoms with Crippen LogP contribution in [0.15, 0.2) is 42.6 Å². The molecule has 0 saturated carbocycles. The Labute approximate surface area is 123 Å². The molecule has 0 unspecified atom stereocenters. The van der Waals surface area contributed by atoms with Gasteiger partial charge in [-0.3, -0.25) is 4.79 Å². The number of benzene rings is 1. The number of rotatable bonds is 5. The van der Waals surface area contributed by atoms with E-state index < -0.39 is 0 Å². The van der Waals surface area contributed by atoms with Crippen LogP contribution in [0.3, 0.4) is 0 Å². The summed E-state index contributed by atoms with van der Waals surface area (Å²) in [6.07, 6.45) is 1.64. The SMILES string of the molecule is CC(C)Oc1ccc(C(=O)Nc2cc(CO)ccn2)cc1. The summed E-state index contributed by atoms with van der Waals surface area (Å²) in [5, 5.41) is 11.8. The van der Waals surface area contributed by atoms with Crippen molar-refractivity contribution in [2.24, 2.45) is 0 Å². The van der Waals surface area contributed by atoms with Crippen LogP contribution in [0.5, 0.6) is 5.75 Å². The number of hydrogen-bond donors (Lipinski definition) is 2. The summed E-state index contributed by atoms with van der Waals surface area (Å²) in [6.45, 7) is 3.80. The van der Waals surface area contributed by atoms with E-state index in [2.05, 4.69) is 10.3 Å². The first-order valence-corrected chi connectivity index (χ1v) is 6.72. The Morgan fingerprint density at radius 3 is 2.62 bits per heavy atom. The molecule has 110 valence electrons. The topological polar surface area (TPSA) is 71.5 Å². The number of hydrogen-bond acceptors (Lipinski definition) is 4. The summed E-state index contributed by atoms with van der Waals surface area (Å²) in [4.78, 5) is 16.1. The number of aliphatic hydroxyl groups is 1. The van der Waals surface area contributed by atoms with Crippen LogP contribution in [0, 0.1) is 0 Å². The number of carbonyl (C=O) groups excluding carboxylic acids is 1. The van der Waals surface area contributed by atoms with Crippen molar-refractivity contribution < 1.29 is 14.6 Å². The number of anilines is 1. The third-order valence-electron chi connectivity index (χ3n) is 2.74. The highest BCUT2D eigenvalue weighted by atomic mass is 16.5. The van der Waals surface area contributed by atoms with E-state index in [0.717, 1.165) is 5.75 Å². The van der Waals surface area contributed by atoms with Gasteiger partial charge >= 0.3 is 0 Å². The van der Waals surface area contributed by atoms with Crippen molar-refractivity contribution in [1.82, 2.24) is 4.98 Å². The van der Waals surface area contributed by atoms with Crippen LogP contribution >= 0.6 is 0 Å². The number of nitrogens with zero attached hydrogens (tertiary/aromatic N) is 1. The minimum absolute atomic E-state index is 0.0906. The zero-order valence-corrected chi connectivity index (χ0v) is 12.0. The van der Waals surface area contributed by atoms with Gasteiger partial charge in [0.05, 0.1) is 12.7 Å². The fraction of sp³-hybridized carbons (Fsp3) is 0.250. The van der Waals surface area contributed by atoms with Crippen LogP contribution < -0.4 is 10.1 Å². The van der Waals surface area contributed by atoms with E-state index in [1.165, 1.54) is 0 Å². The maximum atomic E-state index is 12.1. The maximum absolute atomic E-state index is 12.1. The molecule has 0 fully saturated rings. The minimum atomic E-state index is -0.256. The molecule has 0 aliphatic carbocycles. The molecule has 5 heteroatoms. The van der Waals surface area contributed by atoms with Crippen molar-refractivity contribution in [3.63, 3.8) is 0 Å². The second-order valence-electron chi connectivity index (χ2n) is 4.85. The Bertz CT molecular complexity index is 609. The number of nitrogens with one attached hydrogen (secondary N) is 1. The quantitative estimate of drug-likeness (QED) is 0.886. The van der Waals surface area contributed by atoms with Crippen molar-refractivity contribution in [2.45, 2.75) is 26.6 Å². The standard InChI is InChI=1S/C16H18N2O3/c1-11(2)21-14-5-3-13(4-6-14)16(20)18-15-9-12(10-19)7-8-17-15/h3-9,11,19H,10H2,1-2H3,(H,17,18,20). The largest absolute Gasteiger partial charge is 0.491 e. The van der Waals surface area contributed by atoms with E-state index in [4.69, 9.17) is 9.84 Å². The zero-order chi connectivity index (χ0) is 15.2. The van der Waals surface area contributed by atoms with Gasteiger partial charge in [-0.05, 0) is 55.8 Å². The average molecular weight is 286 g/mol. The van der Waals surface area contributed by atoms with E-state index in [1.54, 1.807) is 42.6 Å². The molecular formula is C16H18N2O3. The second kappa shape index (κ2) is 6.85. The van der Waals surface area contributed by atoms with Crippen LogP contribution in [0.2, 0.25) is 0 Å². The molecule has 0 radical (unpaired) electrons. The van der Waals surface area contributed by atoms with E-state index in [0.29, 0.717) is 16.9 Å². The first kappa shape index (κ1) is 15.0. The lowest BCUT2D eigenvalue weighted by Crippen LogP contribution is -2.13. The molecule has 0 atom stereocenters. The van der Waals surface area contributed by atoms with Crippen LogP contribution in [-0.2, 0) is 6.61 Å². The number of carbonyl (C=O) groups is 1. The monoisotopic (exact) mass is 286 g/mol. The van der Waals surface area contributed by atoms with Gasteiger partial charge < -0.3 is 15.2 Å². The fourth-order valence-corrected chi connectivity index (χ4v) is 1.79. The van der Waals surface area contributed by atoms with Gasteiger partial charge in [0, 0.05) is 11.8 Å². The molecule has 2 aromatic rings. The van der Waals surface area contributed by atoms with Crippen molar-refractivity contribution >= 4 is 11.7 Å². The Balaban J connectivity index is 2.05. The predicted molar refractivity (Wildman–Crippen MR) is 80.3 cm³/mol. The molecule has 1 amide bonds. The molecule has 0 aliphatic heterocycles. The summed E-state index contributed by atoms with van der Waals surface area (Å²) in [5.41, 5.74) is 1.21. The molecule has 0 saturated heterocycles. The second-order valence-corrected chi connectivity index (χ2v) is 4.85. The lowest BCUT2D eigenvalue weighted by atomic mass is 10.2. The summed E-state index contributed by atoms with van der Waals surface area (Å²) < 4.78 is 5.53. The van der Waals surface area contributed by atoms with Crippen molar-refractivity contribution in [3.05, 3.63) is 53.7 Å². The van der Waals surface area contributed by atoms with E-state index in [1.807, 2.05) is 13.8 Å². The molecule has 1 heterocycles. The molecule has 0 aliphatic rings. The molecule has 0 bridgehead atoms. The Hall–Kier alpha value is -2.40. The van der Waals surface area contributed by atoms with Gasteiger partial charge in [0.15, 0.2) is 0 Å². The average Bonchev–Trinajstić information content (AvgIpc) is 2.47. The third kappa shape index (κ3) is 4.29. The lowest BCUT2D eigenvalue weighted by Gasteiger charge is -2.10. The van der Waals surface area contributed by atoms with Gasteiger partial charge in [-0.1, -0.05) is 0 Å². The molecule has 2 N–H and O–H groups in total. The summed E-state index contributed by atoms with van der Waals surface area (Å²) in [5.74, 6) is 0.879. The normalized spacial score (nSPS) is 10.5. The summed E-state index contributed by atoms with van der Waals surface area (Å²) in [6, 6.07) is 10.2. The molecule has 1 aromatic heterocycles. The van der Waals surface area contributed by atoms with Gasteiger partial charge in [-0.25, -0.2) is 4.98 Å². The third-order valence-corrected chi connectivity index (χ3v) is 2.74. The molecule has 0 spiro atoms.